The summed E-state index contributed by atoms with van der Waals surface area (Å²) in [4.78, 5) is 14.4. The Morgan fingerprint density at radius 2 is 1.90 bits per heavy atom. The number of hydrogen-bond donors (Lipinski definition) is 2. The monoisotopic (exact) mass is 599 g/mol. The molecule has 5 rings (SSSR count). The quantitative estimate of drug-likeness (QED) is 0.425. The van der Waals surface area contributed by atoms with E-state index < -0.39 is 21.8 Å². The molecule has 0 saturated carbocycles. The van der Waals surface area contributed by atoms with Crippen molar-refractivity contribution in [2.45, 2.75) is 44.1 Å². The SMILES string of the molecule is CS(=O)(=O)N1CCC(Nc2ncc(C(F)(F)F)c(-c3cn(-c4cccc(CN5CC[C@@H](O)C5)c4Cl)cn3)n2)CC1. The molecule has 10 nitrogen and oxygen atoms in total. The maximum Gasteiger partial charge on any atom is 0.420 e. The van der Waals surface area contributed by atoms with Gasteiger partial charge in [0.2, 0.25) is 16.0 Å². The van der Waals surface area contributed by atoms with Crippen LogP contribution >= 0.6 is 11.6 Å². The summed E-state index contributed by atoms with van der Waals surface area (Å²) in [5.41, 5.74) is -0.0294. The predicted octanol–water partition coefficient (Wildman–Crippen LogP) is 3.40. The summed E-state index contributed by atoms with van der Waals surface area (Å²) in [5.74, 6) is 0.00295. The van der Waals surface area contributed by atoms with Crippen LogP contribution in [0.3, 0.4) is 0 Å². The molecule has 2 aliphatic heterocycles. The van der Waals surface area contributed by atoms with Gasteiger partial charge in [-0.25, -0.2) is 27.7 Å². The third-order valence-electron chi connectivity index (χ3n) is 7.15. The fourth-order valence-electron chi connectivity index (χ4n) is 5.03. The molecule has 3 aromatic rings. The second-order valence-electron chi connectivity index (χ2n) is 10.1. The van der Waals surface area contributed by atoms with Crippen LogP contribution in [0.15, 0.2) is 36.9 Å². The van der Waals surface area contributed by atoms with Crippen LogP contribution in [0.5, 0.6) is 0 Å². The fraction of sp³-hybridized carbons (Fsp3) is 0.480. The Kier molecular flexibility index (Phi) is 8.08. The second-order valence-corrected chi connectivity index (χ2v) is 12.5. The summed E-state index contributed by atoms with van der Waals surface area (Å²) in [5, 5.41) is 13.3. The highest BCUT2D eigenvalue weighted by atomic mass is 35.5. The fourth-order valence-corrected chi connectivity index (χ4v) is 6.19. The Labute approximate surface area is 234 Å². The van der Waals surface area contributed by atoms with Gasteiger partial charge in [0.1, 0.15) is 23.3 Å². The number of hydrogen-bond acceptors (Lipinski definition) is 8. The van der Waals surface area contributed by atoms with Crippen LogP contribution in [0.4, 0.5) is 19.1 Å². The Morgan fingerprint density at radius 3 is 2.55 bits per heavy atom. The number of sulfonamides is 1. The summed E-state index contributed by atoms with van der Waals surface area (Å²) in [6.45, 7) is 2.43. The first-order chi connectivity index (χ1) is 18.9. The van der Waals surface area contributed by atoms with Crippen molar-refractivity contribution >= 4 is 27.6 Å². The lowest BCUT2D eigenvalue weighted by molar-refractivity contribution is -0.137. The normalized spacial score (nSPS) is 19.8. The Bertz CT molecular complexity index is 1480. The maximum absolute atomic E-state index is 13.9. The van der Waals surface area contributed by atoms with Crippen molar-refractivity contribution in [2.24, 2.45) is 0 Å². The van der Waals surface area contributed by atoms with Crippen molar-refractivity contribution in [3.05, 3.63) is 53.1 Å². The van der Waals surface area contributed by atoms with Crippen molar-refractivity contribution in [3.8, 4) is 17.1 Å². The van der Waals surface area contributed by atoms with Crippen LogP contribution in [0.2, 0.25) is 5.02 Å². The molecular formula is C25H29ClF3N7O3S. The number of piperidine rings is 1. The number of aliphatic hydroxyl groups excluding tert-OH is 1. The van der Waals surface area contributed by atoms with Gasteiger partial charge in [-0.05, 0) is 30.9 Å². The molecular weight excluding hydrogens is 571 g/mol. The van der Waals surface area contributed by atoms with E-state index in [1.165, 1.54) is 16.8 Å². The van der Waals surface area contributed by atoms with Crippen LogP contribution in [0, 0.1) is 0 Å². The smallest absolute Gasteiger partial charge is 0.392 e. The third-order valence-corrected chi connectivity index (χ3v) is 8.89. The van der Waals surface area contributed by atoms with E-state index in [9.17, 15) is 26.7 Å². The summed E-state index contributed by atoms with van der Waals surface area (Å²) in [7, 11) is -3.30. The van der Waals surface area contributed by atoms with E-state index in [-0.39, 0.29) is 29.5 Å². The van der Waals surface area contributed by atoms with Gasteiger partial charge in [0.05, 0.1) is 23.1 Å². The lowest BCUT2D eigenvalue weighted by Crippen LogP contribution is -2.42. The highest BCUT2D eigenvalue weighted by Crippen LogP contribution is 2.36. The van der Waals surface area contributed by atoms with Gasteiger partial charge in [0.15, 0.2) is 0 Å². The van der Waals surface area contributed by atoms with E-state index in [2.05, 4.69) is 25.2 Å². The molecule has 1 atom stereocenters. The molecule has 0 amide bonds. The van der Waals surface area contributed by atoms with E-state index in [1.54, 1.807) is 10.6 Å². The third kappa shape index (κ3) is 6.41. The van der Waals surface area contributed by atoms with Crippen LogP contribution in [0.1, 0.15) is 30.4 Å². The van der Waals surface area contributed by atoms with E-state index >= 15 is 0 Å². The van der Waals surface area contributed by atoms with Gasteiger partial charge in [-0.3, -0.25) is 4.90 Å². The van der Waals surface area contributed by atoms with Crippen LogP contribution in [-0.2, 0) is 22.7 Å². The summed E-state index contributed by atoms with van der Waals surface area (Å²) < 4.78 is 68.2. The van der Waals surface area contributed by atoms with Crippen molar-refractivity contribution < 1.29 is 26.7 Å². The summed E-state index contributed by atoms with van der Waals surface area (Å²) in [6.07, 6.45) is 1.25. The highest BCUT2D eigenvalue weighted by Gasteiger charge is 2.36. The van der Waals surface area contributed by atoms with Gasteiger partial charge >= 0.3 is 6.18 Å². The number of alkyl halides is 3. The van der Waals surface area contributed by atoms with Gasteiger partial charge < -0.3 is 15.0 Å². The van der Waals surface area contributed by atoms with Crippen molar-refractivity contribution in [3.63, 3.8) is 0 Å². The topological polar surface area (TPSA) is 116 Å². The molecule has 0 aliphatic carbocycles. The number of β-amino-alcohol motifs (C(OH)–C–C–N with tert-alkyl or cyclic N) is 1. The van der Waals surface area contributed by atoms with E-state index in [0.717, 1.165) is 24.6 Å². The average Bonchev–Trinajstić information content (AvgIpc) is 3.54. The molecule has 2 N–H and O–H groups in total. The number of aliphatic hydroxyl groups is 1. The van der Waals surface area contributed by atoms with Crippen molar-refractivity contribution in [2.75, 3.05) is 37.8 Å². The highest BCUT2D eigenvalue weighted by molar-refractivity contribution is 7.88. The predicted molar refractivity (Wildman–Crippen MR) is 144 cm³/mol. The van der Waals surface area contributed by atoms with Crippen molar-refractivity contribution in [1.82, 2.24) is 28.7 Å². The van der Waals surface area contributed by atoms with E-state index in [4.69, 9.17) is 11.6 Å². The van der Waals surface area contributed by atoms with E-state index in [1.807, 2.05) is 12.1 Å². The number of aromatic nitrogens is 4. The van der Waals surface area contributed by atoms with Crippen LogP contribution < -0.4 is 5.32 Å². The van der Waals surface area contributed by atoms with Crippen LogP contribution in [-0.4, -0.2) is 86.8 Å². The first-order valence-electron chi connectivity index (χ1n) is 12.8. The van der Waals surface area contributed by atoms with Gasteiger partial charge in [-0.15, -0.1) is 0 Å². The summed E-state index contributed by atoms with van der Waals surface area (Å²) >= 11 is 6.69. The molecule has 2 aliphatic rings. The number of nitrogens with zero attached hydrogens (tertiary/aromatic N) is 6. The van der Waals surface area contributed by atoms with Gasteiger partial charge in [-0.1, -0.05) is 23.7 Å². The van der Waals surface area contributed by atoms with E-state index in [0.29, 0.717) is 56.2 Å². The van der Waals surface area contributed by atoms with Crippen LogP contribution in [0.25, 0.3) is 17.1 Å². The number of halogens is 4. The van der Waals surface area contributed by atoms with Gasteiger partial charge in [-0.2, -0.15) is 13.2 Å². The molecule has 216 valence electrons. The minimum atomic E-state index is -4.71. The zero-order chi connectivity index (χ0) is 28.7. The minimum absolute atomic E-state index is 0.00295. The Hall–Kier alpha value is -2.78. The molecule has 40 heavy (non-hydrogen) atoms. The maximum atomic E-state index is 13.9. The number of imidazole rings is 1. The van der Waals surface area contributed by atoms with Gasteiger partial charge in [0.25, 0.3) is 0 Å². The molecule has 1 aromatic carbocycles. The average molecular weight is 600 g/mol. The first kappa shape index (κ1) is 28.7. The number of benzene rings is 1. The Morgan fingerprint density at radius 1 is 1.15 bits per heavy atom. The number of nitrogens with one attached hydrogen (secondary N) is 1. The van der Waals surface area contributed by atoms with Crippen molar-refractivity contribution in [1.29, 1.82) is 0 Å². The molecule has 2 saturated heterocycles. The molecule has 2 aromatic heterocycles. The Balaban J connectivity index is 1.39. The lowest BCUT2D eigenvalue weighted by atomic mass is 10.1. The van der Waals surface area contributed by atoms with Gasteiger partial charge in [0, 0.05) is 51.2 Å². The molecule has 2 fully saturated rings. The molecule has 15 heteroatoms. The minimum Gasteiger partial charge on any atom is -0.392 e. The number of anilines is 1. The number of rotatable bonds is 7. The number of likely N-dealkylation sites (tertiary alicyclic amines) is 1. The second kappa shape index (κ2) is 11.2. The zero-order valence-corrected chi connectivity index (χ0v) is 23.2. The first-order valence-corrected chi connectivity index (χ1v) is 15.0. The lowest BCUT2D eigenvalue weighted by Gasteiger charge is -2.30. The molecule has 0 radical (unpaired) electrons. The largest absolute Gasteiger partial charge is 0.420 e. The molecule has 0 spiro atoms. The standard InChI is InChI=1S/C25H29ClF3N7O3S/c1-40(38,39)36-9-5-17(6-10-36)32-24-30-11-19(25(27,28)29)23(33-24)20-14-35(15-31-20)21-4-2-3-16(22(21)26)12-34-8-7-18(37)13-34/h2-4,11,14-15,17-18,37H,5-10,12-13H2,1H3,(H,30,32,33)/t18-/m1/s1. The molecule has 4 heterocycles. The molecule has 0 unspecified atom stereocenters. The molecule has 0 bridgehead atoms. The zero-order valence-electron chi connectivity index (χ0n) is 21.6. The summed E-state index contributed by atoms with van der Waals surface area (Å²) in [6, 6.07) is 5.24.